The van der Waals surface area contributed by atoms with Gasteiger partial charge in [-0.25, -0.2) is 4.98 Å². The van der Waals surface area contributed by atoms with Crippen molar-refractivity contribution in [1.29, 1.82) is 0 Å². The van der Waals surface area contributed by atoms with Crippen LogP contribution in [0, 0.1) is 17.8 Å². The lowest BCUT2D eigenvalue weighted by molar-refractivity contribution is -0.139. The lowest BCUT2D eigenvalue weighted by Gasteiger charge is -2.24. The maximum atomic E-state index is 13.5. The molecule has 0 saturated heterocycles. The Morgan fingerprint density at radius 2 is 1.89 bits per heavy atom. The van der Waals surface area contributed by atoms with Crippen LogP contribution in [0.2, 0.25) is 0 Å². The van der Waals surface area contributed by atoms with Gasteiger partial charge in [0.2, 0.25) is 23.6 Å². The van der Waals surface area contributed by atoms with Gasteiger partial charge in [-0.1, -0.05) is 24.3 Å². The molecule has 8 nitrogen and oxygen atoms in total. The zero-order valence-corrected chi connectivity index (χ0v) is 21.4. The van der Waals surface area contributed by atoms with Crippen molar-refractivity contribution in [3.05, 3.63) is 36.4 Å². The average molecular weight is 492 g/mol. The van der Waals surface area contributed by atoms with E-state index in [4.69, 9.17) is 4.74 Å². The van der Waals surface area contributed by atoms with E-state index in [1.165, 1.54) is 0 Å². The number of hydrogen-bond donors (Lipinski definition) is 2. The van der Waals surface area contributed by atoms with Crippen LogP contribution in [0.1, 0.15) is 52.4 Å². The highest BCUT2D eigenvalue weighted by Crippen LogP contribution is 2.39. The van der Waals surface area contributed by atoms with Crippen LogP contribution in [0.5, 0.6) is 5.88 Å². The summed E-state index contributed by atoms with van der Waals surface area (Å²) < 4.78 is 6.45. The second kappa shape index (κ2) is 10.4. The summed E-state index contributed by atoms with van der Waals surface area (Å²) in [7, 11) is 1.85. The van der Waals surface area contributed by atoms with E-state index in [-0.39, 0.29) is 30.0 Å². The molecule has 8 heteroatoms. The van der Waals surface area contributed by atoms with Crippen LogP contribution < -0.4 is 15.4 Å². The Hall–Kier alpha value is -3.16. The number of carbonyl (C=O) groups excluding carboxylic acids is 2. The number of amides is 2. The lowest BCUT2D eigenvalue weighted by atomic mass is 9.93. The number of rotatable bonds is 4. The molecule has 3 aliphatic rings. The molecule has 36 heavy (non-hydrogen) atoms. The summed E-state index contributed by atoms with van der Waals surface area (Å²) in [5.41, 5.74) is 0.795. The van der Waals surface area contributed by atoms with Gasteiger partial charge in [0.05, 0.1) is 22.7 Å². The van der Waals surface area contributed by atoms with E-state index in [2.05, 4.69) is 32.8 Å². The van der Waals surface area contributed by atoms with E-state index >= 15 is 0 Å². The first-order valence-corrected chi connectivity index (χ1v) is 13.3. The van der Waals surface area contributed by atoms with Gasteiger partial charge in [-0.2, -0.15) is 4.98 Å². The van der Waals surface area contributed by atoms with Crippen molar-refractivity contribution < 1.29 is 14.3 Å². The predicted molar refractivity (Wildman–Crippen MR) is 140 cm³/mol. The Bertz CT molecular complexity index is 1150. The molecule has 0 unspecified atom stereocenters. The zero-order valence-electron chi connectivity index (χ0n) is 21.4. The maximum absolute atomic E-state index is 13.5. The first-order valence-electron chi connectivity index (χ1n) is 13.3. The number of aromatic nitrogens is 2. The van der Waals surface area contributed by atoms with Crippen LogP contribution in [-0.4, -0.2) is 58.5 Å². The summed E-state index contributed by atoms with van der Waals surface area (Å²) in [6.45, 7) is 4.77. The SMILES string of the molecule is CC(C)Nc1nc(O[C@@H]2C[C@H]3C(=O)N[C@@H]4C[C@H]4/C=C\CCCCN(C)C(=O)[C@@H]3C2)c2ccccc2n1. The summed E-state index contributed by atoms with van der Waals surface area (Å²) in [6, 6.07) is 8.12. The van der Waals surface area contributed by atoms with Crippen molar-refractivity contribution in [3.63, 3.8) is 0 Å². The normalized spacial score (nSPS) is 29.8. The van der Waals surface area contributed by atoms with Gasteiger partial charge in [0.1, 0.15) is 6.10 Å². The molecule has 2 N–H and O–H groups in total. The molecule has 0 spiro atoms. The van der Waals surface area contributed by atoms with Gasteiger partial charge in [-0.05, 0) is 70.4 Å². The quantitative estimate of drug-likeness (QED) is 0.629. The molecule has 0 radical (unpaired) electrons. The van der Waals surface area contributed by atoms with E-state index in [0.29, 0.717) is 37.1 Å². The number of benzene rings is 1. The van der Waals surface area contributed by atoms with Gasteiger partial charge in [0, 0.05) is 25.7 Å². The van der Waals surface area contributed by atoms with Gasteiger partial charge in [0.15, 0.2) is 0 Å². The molecule has 2 amide bonds. The molecule has 1 aliphatic heterocycles. The highest BCUT2D eigenvalue weighted by Gasteiger charge is 2.47. The van der Waals surface area contributed by atoms with Crippen molar-refractivity contribution in [3.8, 4) is 5.88 Å². The Morgan fingerprint density at radius 3 is 2.72 bits per heavy atom. The van der Waals surface area contributed by atoms with Gasteiger partial charge >= 0.3 is 0 Å². The summed E-state index contributed by atoms with van der Waals surface area (Å²) in [5, 5.41) is 7.29. The summed E-state index contributed by atoms with van der Waals surface area (Å²) in [6.07, 6.45) is 9.20. The highest BCUT2D eigenvalue weighted by atomic mass is 16.5. The minimum absolute atomic E-state index is 0.0273. The van der Waals surface area contributed by atoms with Crippen molar-refractivity contribution >= 4 is 28.7 Å². The Labute approximate surface area is 212 Å². The van der Waals surface area contributed by atoms with Crippen LogP contribution in [0.15, 0.2) is 36.4 Å². The molecule has 1 aromatic heterocycles. The number of allylic oxidation sites excluding steroid dienone is 1. The van der Waals surface area contributed by atoms with Gasteiger partial charge < -0.3 is 20.3 Å². The fourth-order valence-corrected chi connectivity index (χ4v) is 5.43. The molecule has 2 saturated carbocycles. The van der Waals surface area contributed by atoms with Crippen molar-refractivity contribution in [2.75, 3.05) is 18.9 Å². The van der Waals surface area contributed by atoms with E-state index in [1.54, 1.807) is 4.90 Å². The van der Waals surface area contributed by atoms with Gasteiger partial charge in [-0.15, -0.1) is 0 Å². The smallest absolute Gasteiger partial charge is 0.226 e. The molecule has 2 fully saturated rings. The number of carbonyl (C=O) groups is 2. The molecular formula is C28H37N5O3. The van der Waals surface area contributed by atoms with E-state index in [0.717, 1.165) is 36.6 Å². The Balaban J connectivity index is 1.39. The van der Waals surface area contributed by atoms with Crippen LogP contribution in [-0.2, 0) is 9.59 Å². The summed E-state index contributed by atoms with van der Waals surface area (Å²) >= 11 is 0. The summed E-state index contributed by atoms with van der Waals surface area (Å²) in [4.78, 5) is 37.9. The maximum Gasteiger partial charge on any atom is 0.226 e. The molecular weight excluding hydrogens is 454 g/mol. The number of nitrogens with zero attached hydrogens (tertiary/aromatic N) is 3. The van der Waals surface area contributed by atoms with Crippen LogP contribution in [0.25, 0.3) is 10.9 Å². The first kappa shape index (κ1) is 24.5. The number of nitrogens with one attached hydrogen (secondary N) is 2. The van der Waals surface area contributed by atoms with E-state index in [1.807, 2.05) is 45.2 Å². The van der Waals surface area contributed by atoms with Crippen LogP contribution in [0.3, 0.4) is 0 Å². The predicted octanol–water partition coefficient (Wildman–Crippen LogP) is 3.93. The monoisotopic (exact) mass is 491 g/mol. The molecule has 1 aromatic carbocycles. The number of hydrogen-bond acceptors (Lipinski definition) is 6. The molecule has 5 rings (SSSR count). The van der Waals surface area contributed by atoms with E-state index in [9.17, 15) is 9.59 Å². The molecule has 2 heterocycles. The highest BCUT2D eigenvalue weighted by molar-refractivity contribution is 5.89. The minimum Gasteiger partial charge on any atom is -0.474 e. The summed E-state index contributed by atoms with van der Waals surface area (Å²) in [5.74, 6) is 0.638. The average Bonchev–Trinajstić information content (AvgIpc) is 3.44. The lowest BCUT2D eigenvalue weighted by Crippen LogP contribution is -2.41. The molecule has 192 valence electrons. The van der Waals surface area contributed by atoms with Crippen LogP contribution >= 0.6 is 0 Å². The Morgan fingerprint density at radius 1 is 1.08 bits per heavy atom. The van der Waals surface area contributed by atoms with Crippen molar-refractivity contribution in [2.45, 2.75) is 70.6 Å². The second-order valence-electron chi connectivity index (χ2n) is 10.8. The molecule has 0 bridgehead atoms. The molecule has 2 aromatic rings. The first-order chi connectivity index (χ1) is 17.4. The minimum atomic E-state index is -0.403. The number of fused-ring (bicyclic) bond motifs is 3. The third kappa shape index (κ3) is 5.47. The van der Waals surface area contributed by atoms with Crippen molar-refractivity contribution in [1.82, 2.24) is 20.2 Å². The zero-order chi connectivity index (χ0) is 25.2. The standard InChI is InChI=1S/C28H37N5O3/c1-17(2)29-28-31-23-12-8-7-11-20(23)26(32-28)36-19-15-21-22(16-19)27(35)33(3)13-9-5-4-6-10-18-14-24(18)30-25(21)34/h6-8,10-12,17-19,21-22,24H,4-5,9,13-16H2,1-3H3,(H,30,34)(H,29,31,32)/b10-6-/t18-,19-,21-,22-,24-/m1/s1. The topological polar surface area (TPSA) is 96.5 Å². The second-order valence-corrected chi connectivity index (χ2v) is 10.8. The largest absolute Gasteiger partial charge is 0.474 e. The number of ether oxygens (including phenoxy) is 1. The third-order valence-corrected chi connectivity index (χ3v) is 7.48. The van der Waals surface area contributed by atoms with Crippen LogP contribution in [0.4, 0.5) is 5.95 Å². The van der Waals surface area contributed by atoms with Crippen molar-refractivity contribution in [2.24, 2.45) is 17.8 Å². The molecule has 5 atom stereocenters. The number of para-hydroxylation sites is 1. The fourth-order valence-electron chi connectivity index (χ4n) is 5.43. The fraction of sp³-hybridized carbons (Fsp3) is 0.571. The third-order valence-electron chi connectivity index (χ3n) is 7.48. The number of anilines is 1. The molecule has 2 aliphatic carbocycles. The Kier molecular flexibility index (Phi) is 7.12. The van der Waals surface area contributed by atoms with Gasteiger partial charge in [-0.3, -0.25) is 9.59 Å². The van der Waals surface area contributed by atoms with E-state index < -0.39 is 11.8 Å². The van der Waals surface area contributed by atoms with Gasteiger partial charge in [0.25, 0.3) is 0 Å².